The Morgan fingerprint density at radius 2 is 2.14 bits per heavy atom. The molecular weight excluding hydrogens is 262 g/mol. The van der Waals surface area contributed by atoms with Crippen LogP contribution in [0.4, 0.5) is 0 Å². The van der Waals surface area contributed by atoms with Gasteiger partial charge in [0.15, 0.2) is 0 Å². The summed E-state index contributed by atoms with van der Waals surface area (Å²) in [4.78, 5) is 0. The average Bonchev–Trinajstić information content (AvgIpc) is 3.04. The molecule has 21 heavy (non-hydrogen) atoms. The van der Waals surface area contributed by atoms with Gasteiger partial charge in [-0.25, -0.2) is 0 Å². The number of benzene rings is 2. The van der Waals surface area contributed by atoms with Gasteiger partial charge in [0, 0.05) is 24.6 Å². The second-order valence-corrected chi connectivity index (χ2v) is 5.58. The smallest absolute Gasteiger partial charge is 0.124 e. The lowest BCUT2D eigenvalue weighted by molar-refractivity contribution is 0.167. The third-order valence-corrected chi connectivity index (χ3v) is 4.05. The standard InChI is InChI=1S/C18H23NO2/c1-2-19-11-17-16-6-4-3-5-15(16)7-8-18(17)21-13-14-9-10-20-12-14/h3-8,14,19H,2,9-13H2,1H3. The van der Waals surface area contributed by atoms with Crippen LogP contribution < -0.4 is 10.1 Å². The number of nitrogens with one attached hydrogen (secondary N) is 1. The van der Waals surface area contributed by atoms with E-state index in [1.165, 1.54) is 16.3 Å². The Morgan fingerprint density at radius 1 is 1.24 bits per heavy atom. The highest BCUT2D eigenvalue weighted by molar-refractivity contribution is 5.87. The van der Waals surface area contributed by atoms with E-state index < -0.39 is 0 Å². The number of ether oxygens (including phenoxy) is 2. The maximum Gasteiger partial charge on any atom is 0.124 e. The SMILES string of the molecule is CCNCc1c(OCC2CCOC2)ccc2ccccc12. The molecular formula is C18H23NO2. The van der Waals surface area contributed by atoms with E-state index >= 15 is 0 Å². The van der Waals surface area contributed by atoms with Crippen LogP contribution in [0, 0.1) is 5.92 Å². The minimum Gasteiger partial charge on any atom is -0.493 e. The van der Waals surface area contributed by atoms with E-state index in [1.807, 2.05) is 0 Å². The molecule has 1 unspecified atom stereocenters. The van der Waals surface area contributed by atoms with E-state index in [2.05, 4.69) is 48.6 Å². The van der Waals surface area contributed by atoms with E-state index in [-0.39, 0.29) is 0 Å². The molecule has 0 amide bonds. The molecule has 1 N–H and O–H groups in total. The molecule has 1 aliphatic rings. The highest BCUT2D eigenvalue weighted by Crippen LogP contribution is 2.29. The summed E-state index contributed by atoms with van der Waals surface area (Å²) in [6, 6.07) is 12.7. The first-order chi connectivity index (χ1) is 10.4. The average molecular weight is 285 g/mol. The molecule has 2 aromatic carbocycles. The lowest BCUT2D eigenvalue weighted by atomic mass is 10.0. The van der Waals surface area contributed by atoms with Crippen LogP contribution in [0.15, 0.2) is 36.4 Å². The summed E-state index contributed by atoms with van der Waals surface area (Å²) < 4.78 is 11.5. The van der Waals surface area contributed by atoms with Crippen LogP contribution in [-0.4, -0.2) is 26.4 Å². The topological polar surface area (TPSA) is 30.5 Å². The van der Waals surface area contributed by atoms with Crippen LogP contribution >= 0.6 is 0 Å². The fourth-order valence-electron chi connectivity index (χ4n) is 2.81. The molecule has 2 aromatic rings. The normalized spacial score (nSPS) is 18.2. The summed E-state index contributed by atoms with van der Waals surface area (Å²) in [7, 11) is 0. The first kappa shape index (κ1) is 14.4. The van der Waals surface area contributed by atoms with Crippen LogP contribution in [0.5, 0.6) is 5.75 Å². The van der Waals surface area contributed by atoms with Crippen LogP contribution in [0.1, 0.15) is 18.9 Å². The molecule has 3 rings (SSSR count). The molecule has 0 spiro atoms. The van der Waals surface area contributed by atoms with Crippen molar-refractivity contribution in [2.24, 2.45) is 5.92 Å². The second kappa shape index (κ2) is 6.92. The van der Waals surface area contributed by atoms with E-state index in [0.717, 1.165) is 45.1 Å². The van der Waals surface area contributed by atoms with Crippen LogP contribution in [-0.2, 0) is 11.3 Å². The lowest BCUT2D eigenvalue weighted by Crippen LogP contribution is -2.16. The Balaban J connectivity index is 1.84. The fraction of sp³-hybridized carbons (Fsp3) is 0.444. The molecule has 0 radical (unpaired) electrons. The Hall–Kier alpha value is -1.58. The Labute approximate surface area is 126 Å². The molecule has 1 aliphatic heterocycles. The molecule has 0 saturated carbocycles. The van der Waals surface area contributed by atoms with Gasteiger partial charge >= 0.3 is 0 Å². The van der Waals surface area contributed by atoms with Gasteiger partial charge in [0.1, 0.15) is 5.75 Å². The first-order valence-electron chi connectivity index (χ1n) is 7.80. The van der Waals surface area contributed by atoms with E-state index in [9.17, 15) is 0 Å². The lowest BCUT2D eigenvalue weighted by Gasteiger charge is -2.16. The van der Waals surface area contributed by atoms with Gasteiger partial charge in [0.2, 0.25) is 0 Å². The molecule has 3 heteroatoms. The van der Waals surface area contributed by atoms with E-state index in [0.29, 0.717) is 5.92 Å². The van der Waals surface area contributed by atoms with Gasteiger partial charge in [-0.3, -0.25) is 0 Å². The predicted molar refractivity (Wildman–Crippen MR) is 85.7 cm³/mol. The molecule has 1 fully saturated rings. The Kier molecular flexibility index (Phi) is 4.73. The molecule has 1 saturated heterocycles. The highest BCUT2D eigenvalue weighted by atomic mass is 16.5. The minimum absolute atomic E-state index is 0.531. The van der Waals surface area contributed by atoms with Gasteiger partial charge in [0.05, 0.1) is 13.2 Å². The summed E-state index contributed by atoms with van der Waals surface area (Å²) in [5.74, 6) is 1.53. The number of hydrogen-bond acceptors (Lipinski definition) is 3. The molecule has 1 atom stereocenters. The summed E-state index contributed by atoms with van der Waals surface area (Å²) in [6.45, 7) is 6.37. The van der Waals surface area contributed by atoms with Gasteiger partial charge in [-0.15, -0.1) is 0 Å². The Morgan fingerprint density at radius 3 is 2.95 bits per heavy atom. The van der Waals surface area contributed by atoms with Gasteiger partial charge in [0.25, 0.3) is 0 Å². The van der Waals surface area contributed by atoms with Gasteiger partial charge in [-0.1, -0.05) is 37.3 Å². The minimum atomic E-state index is 0.531. The van der Waals surface area contributed by atoms with Gasteiger partial charge in [-0.05, 0) is 29.8 Å². The van der Waals surface area contributed by atoms with Crippen LogP contribution in [0.2, 0.25) is 0 Å². The summed E-state index contributed by atoms with van der Waals surface area (Å²) >= 11 is 0. The second-order valence-electron chi connectivity index (χ2n) is 5.58. The highest BCUT2D eigenvalue weighted by Gasteiger charge is 2.17. The summed E-state index contributed by atoms with van der Waals surface area (Å²) in [6.07, 6.45) is 1.11. The zero-order chi connectivity index (χ0) is 14.5. The van der Waals surface area contributed by atoms with Crippen molar-refractivity contribution in [3.63, 3.8) is 0 Å². The number of fused-ring (bicyclic) bond motifs is 1. The zero-order valence-corrected chi connectivity index (χ0v) is 12.6. The molecule has 0 aliphatic carbocycles. The van der Waals surface area contributed by atoms with Gasteiger partial charge in [-0.2, -0.15) is 0 Å². The third kappa shape index (κ3) is 3.36. The monoisotopic (exact) mass is 285 g/mol. The van der Waals surface area contributed by atoms with Crippen LogP contribution in [0.3, 0.4) is 0 Å². The number of hydrogen-bond donors (Lipinski definition) is 1. The maximum atomic E-state index is 6.11. The van der Waals surface area contributed by atoms with Crippen molar-refractivity contribution in [2.45, 2.75) is 19.9 Å². The van der Waals surface area contributed by atoms with Crippen molar-refractivity contribution < 1.29 is 9.47 Å². The van der Waals surface area contributed by atoms with Crippen molar-refractivity contribution in [1.29, 1.82) is 0 Å². The van der Waals surface area contributed by atoms with Crippen molar-refractivity contribution in [2.75, 3.05) is 26.4 Å². The zero-order valence-electron chi connectivity index (χ0n) is 12.6. The molecule has 0 aromatic heterocycles. The fourth-order valence-corrected chi connectivity index (χ4v) is 2.81. The third-order valence-electron chi connectivity index (χ3n) is 4.05. The molecule has 0 bridgehead atoms. The van der Waals surface area contributed by atoms with Crippen molar-refractivity contribution in [3.05, 3.63) is 42.0 Å². The van der Waals surface area contributed by atoms with E-state index in [4.69, 9.17) is 9.47 Å². The van der Waals surface area contributed by atoms with Gasteiger partial charge < -0.3 is 14.8 Å². The molecule has 112 valence electrons. The summed E-state index contributed by atoms with van der Waals surface area (Å²) in [5.41, 5.74) is 1.26. The summed E-state index contributed by atoms with van der Waals surface area (Å²) in [5, 5.41) is 5.96. The van der Waals surface area contributed by atoms with Crippen molar-refractivity contribution in [1.82, 2.24) is 5.32 Å². The van der Waals surface area contributed by atoms with Crippen LogP contribution in [0.25, 0.3) is 10.8 Å². The van der Waals surface area contributed by atoms with Crippen molar-refractivity contribution >= 4 is 10.8 Å². The predicted octanol–water partition coefficient (Wildman–Crippen LogP) is 3.36. The quantitative estimate of drug-likeness (QED) is 0.882. The molecule has 1 heterocycles. The maximum absolute atomic E-state index is 6.11. The Bertz CT molecular complexity index is 591. The molecule has 3 nitrogen and oxygen atoms in total. The van der Waals surface area contributed by atoms with E-state index in [1.54, 1.807) is 0 Å². The number of rotatable bonds is 6. The largest absolute Gasteiger partial charge is 0.493 e. The van der Waals surface area contributed by atoms with Crippen molar-refractivity contribution in [3.8, 4) is 5.75 Å². The first-order valence-corrected chi connectivity index (χ1v) is 7.80.